The van der Waals surface area contributed by atoms with Crippen molar-refractivity contribution in [3.63, 3.8) is 0 Å². The number of nitrogens with two attached hydrogens (primary N) is 1. The number of hydrogen-bond donors (Lipinski definition) is 2. The minimum atomic E-state index is -0.780. The van der Waals surface area contributed by atoms with Crippen molar-refractivity contribution in [1.29, 1.82) is 0 Å². The van der Waals surface area contributed by atoms with Crippen LogP contribution in [0, 0.1) is 0 Å². The lowest BCUT2D eigenvalue weighted by Crippen LogP contribution is -2.50. The highest BCUT2D eigenvalue weighted by atomic mass is 16.5. The molecular weight excluding hydrogens is 256 g/mol. The van der Waals surface area contributed by atoms with Gasteiger partial charge in [0.1, 0.15) is 0 Å². The molecule has 5 nitrogen and oxygen atoms in total. The average Bonchev–Trinajstić information content (AvgIpc) is 2.43. The van der Waals surface area contributed by atoms with Gasteiger partial charge < -0.3 is 15.8 Å². The van der Waals surface area contributed by atoms with Crippen LogP contribution in [0.5, 0.6) is 0 Å². The van der Waals surface area contributed by atoms with Crippen LogP contribution < -0.4 is 11.1 Å². The van der Waals surface area contributed by atoms with E-state index in [9.17, 15) is 9.59 Å². The Labute approximate surface area is 118 Å². The Bertz CT molecular complexity index is 483. The summed E-state index contributed by atoms with van der Waals surface area (Å²) in [4.78, 5) is 23.9. The maximum absolute atomic E-state index is 12.1. The van der Waals surface area contributed by atoms with E-state index in [0.29, 0.717) is 5.56 Å². The highest BCUT2D eigenvalue weighted by Crippen LogP contribution is 2.32. The number of carbonyl (C=O) groups is 2. The molecule has 1 unspecified atom stereocenters. The van der Waals surface area contributed by atoms with Gasteiger partial charge in [0, 0.05) is 12.0 Å². The predicted octanol–water partition coefficient (Wildman–Crippen LogP) is 1.29. The molecule has 108 valence electrons. The SMILES string of the molecule is COC(=O)C(NC(=O)CC1(N)CCC1)c1ccccc1. The standard InChI is InChI=1S/C15H20N2O3/c1-20-14(19)13(11-6-3-2-4-7-11)17-12(18)10-15(16)8-5-9-15/h2-4,6-7,13H,5,8-10,16H2,1H3,(H,17,18). The number of hydrogen-bond acceptors (Lipinski definition) is 4. The fourth-order valence-corrected chi connectivity index (χ4v) is 2.38. The number of rotatable bonds is 5. The largest absolute Gasteiger partial charge is 0.467 e. The molecule has 0 saturated heterocycles. The first-order chi connectivity index (χ1) is 9.54. The summed E-state index contributed by atoms with van der Waals surface area (Å²) < 4.78 is 4.75. The minimum absolute atomic E-state index is 0.216. The number of esters is 1. The molecule has 1 saturated carbocycles. The molecule has 0 aliphatic heterocycles. The van der Waals surface area contributed by atoms with Crippen LogP contribution in [0.1, 0.15) is 37.3 Å². The monoisotopic (exact) mass is 276 g/mol. The quantitative estimate of drug-likeness (QED) is 0.794. The van der Waals surface area contributed by atoms with E-state index >= 15 is 0 Å². The second-order valence-electron chi connectivity index (χ2n) is 5.33. The van der Waals surface area contributed by atoms with Crippen LogP contribution in [-0.2, 0) is 14.3 Å². The van der Waals surface area contributed by atoms with E-state index in [4.69, 9.17) is 10.5 Å². The number of methoxy groups -OCH3 is 1. The summed E-state index contributed by atoms with van der Waals surface area (Å²) in [5, 5.41) is 2.71. The molecule has 5 heteroatoms. The molecule has 1 aliphatic carbocycles. The first-order valence-electron chi connectivity index (χ1n) is 6.75. The predicted molar refractivity (Wildman–Crippen MR) is 74.7 cm³/mol. The van der Waals surface area contributed by atoms with Gasteiger partial charge in [-0.2, -0.15) is 0 Å². The highest BCUT2D eigenvalue weighted by Gasteiger charge is 2.35. The third-order valence-electron chi connectivity index (χ3n) is 3.74. The molecular formula is C15H20N2O3. The molecule has 1 atom stereocenters. The highest BCUT2D eigenvalue weighted by molar-refractivity contribution is 5.86. The van der Waals surface area contributed by atoms with Crippen molar-refractivity contribution >= 4 is 11.9 Å². The van der Waals surface area contributed by atoms with Crippen LogP contribution in [-0.4, -0.2) is 24.5 Å². The molecule has 0 aromatic heterocycles. The molecule has 3 N–H and O–H groups in total. The Kier molecular flexibility index (Phi) is 4.39. The third-order valence-corrected chi connectivity index (χ3v) is 3.74. The van der Waals surface area contributed by atoms with Gasteiger partial charge in [-0.05, 0) is 24.8 Å². The van der Waals surface area contributed by atoms with Gasteiger partial charge in [-0.3, -0.25) is 4.79 Å². The average molecular weight is 276 g/mol. The Hall–Kier alpha value is -1.88. The molecule has 1 aliphatic rings. The second kappa shape index (κ2) is 6.05. The van der Waals surface area contributed by atoms with Crippen molar-refractivity contribution in [2.24, 2.45) is 5.73 Å². The first-order valence-corrected chi connectivity index (χ1v) is 6.75. The number of amides is 1. The van der Waals surface area contributed by atoms with Crippen LogP contribution in [0.2, 0.25) is 0 Å². The maximum Gasteiger partial charge on any atom is 0.333 e. The molecule has 1 fully saturated rings. The van der Waals surface area contributed by atoms with Crippen LogP contribution in [0.4, 0.5) is 0 Å². The Morgan fingerprint density at radius 3 is 2.50 bits per heavy atom. The lowest BCUT2D eigenvalue weighted by molar-refractivity contribution is -0.145. The minimum Gasteiger partial charge on any atom is -0.467 e. The lowest BCUT2D eigenvalue weighted by atomic mass is 9.75. The first kappa shape index (κ1) is 14.5. The van der Waals surface area contributed by atoms with Crippen LogP contribution >= 0.6 is 0 Å². The van der Waals surface area contributed by atoms with Crippen LogP contribution in [0.25, 0.3) is 0 Å². The van der Waals surface area contributed by atoms with Crippen LogP contribution in [0.15, 0.2) is 30.3 Å². The van der Waals surface area contributed by atoms with Gasteiger partial charge >= 0.3 is 5.97 Å². The second-order valence-corrected chi connectivity index (χ2v) is 5.33. The number of ether oxygens (including phenoxy) is 1. The van der Waals surface area contributed by atoms with E-state index in [1.54, 1.807) is 12.1 Å². The van der Waals surface area contributed by atoms with Gasteiger partial charge in [-0.15, -0.1) is 0 Å². The summed E-state index contributed by atoms with van der Waals surface area (Å²) in [6.07, 6.45) is 3.01. The van der Waals surface area contributed by atoms with Crippen molar-refractivity contribution in [3.8, 4) is 0 Å². The van der Waals surface area contributed by atoms with Crippen molar-refractivity contribution in [3.05, 3.63) is 35.9 Å². The van der Waals surface area contributed by atoms with Gasteiger partial charge in [0.05, 0.1) is 7.11 Å². The normalized spacial score (nSPS) is 17.7. The van der Waals surface area contributed by atoms with Gasteiger partial charge in [0.15, 0.2) is 6.04 Å². The number of benzene rings is 1. The maximum atomic E-state index is 12.1. The molecule has 1 amide bonds. The molecule has 2 rings (SSSR count). The zero-order valence-electron chi connectivity index (χ0n) is 11.6. The molecule has 1 aromatic carbocycles. The van der Waals surface area contributed by atoms with E-state index in [2.05, 4.69) is 5.32 Å². The van der Waals surface area contributed by atoms with Crippen molar-refractivity contribution in [2.45, 2.75) is 37.3 Å². The fourth-order valence-electron chi connectivity index (χ4n) is 2.38. The Balaban J connectivity index is 2.04. The molecule has 0 bridgehead atoms. The topological polar surface area (TPSA) is 81.4 Å². The van der Waals surface area contributed by atoms with Crippen LogP contribution in [0.3, 0.4) is 0 Å². The van der Waals surface area contributed by atoms with E-state index in [1.165, 1.54) is 7.11 Å². The Morgan fingerprint density at radius 2 is 2.00 bits per heavy atom. The summed E-state index contributed by atoms with van der Waals surface area (Å²) in [5.41, 5.74) is 6.35. The fraction of sp³-hybridized carbons (Fsp3) is 0.467. The van der Waals surface area contributed by atoms with Crippen molar-refractivity contribution in [2.75, 3.05) is 7.11 Å². The molecule has 20 heavy (non-hydrogen) atoms. The lowest BCUT2D eigenvalue weighted by Gasteiger charge is -2.37. The summed E-state index contributed by atoms with van der Waals surface area (Å²) in [5.74, 6) is -0.698. The van der Waals surface area contributed by atoms with E-state index in [0.717, 1.165) is 19.3 Å². The molecule has 1 aromatic rings. The molecule has 0 spiro atoms. The summed E-state index contributed by atoms with van der Waals surface area (Å²) in [7, 11) is 1.31. The summed E-state index contributed by atoms with van der Waals surface area (Å²) in [6.45, 7) is 0. The zero-order chi connectivity index (χ0) is 14.6. The number of carbonyl (C=O) groups excluding carboxylic acids is 2. The van der Waals surface area contributed by atoms with Gasteiger partial charge in [-0.1, -0.05) is 30.3 Å². The number of nitrogens with one attached hydrogen (secondary N) is 1. The van der Waals surface area contributed by atoms with Gasteiger partial charge in [0.25, 0.3) is 0 Å². The molecule has 0 heterocycles. The Morgan fingerprint density at radius 1 is 1.35 bits per heavy atom. The van der Waals surface area contributed by atoms with Crippen molar-refractivity contribution < 1.29 is 14.3 Å². The van der Waals surface area contributed by atoms with E-state index in [1.807, 2.05) is 18.2 Å². The van der Waals surface area contributed by atoms with E-state index in [-0.39, 0.29) is 12.3 Å². The summed E-state index contributed by atoms with van der Waals surface area (Å²) >= 11 is 0. The third kappa shape index (κ3) is 3.36. The van der Waals surface area contributed by atoms with E-state index < -0.39 is 17.6 Å². The van der Waals surface area contributed by atoms with Gasteiger partial charge in [0.2, 0.25) is 5.91 Å². The van der Waals surface area contributed by atoms with Crippen molar-refractivity contribution in [1.82, 2.24) is 5.32 Å². The molecule has 0 radical (unpaired) electrons. The summed E-state index contributed by atoms with van der Waals surface area (Å²) in [6, 6.07) is 8.26. The smallest absolute Gasteiger partial charge is 0.333 e. The zero-order valence-corrected chi connectivity index (χ0v) is 11.6. The van der Waals surface area contributed by atoms with Gasteiger partial charge in [-0.25, -0.2) is 4.79 Å².